The van der Waals surface area contributed by atoms with Crippen molar-refractivity contribution in [1.29, 1.82) is 0 Å². The van der Waals surface area contributed by atoms with Crippen LogP contribution in [0.4, 0.5) is 10.1 Å². The predicted octanol–water partition coefficient (Wildman–Crippen LogP) is 2.61. The van der Waals surface area contributed by atoms with E-state index in [-0.39, 0.29) is 10.6 Å². The molecule has 0 aliphatic carbocycles. The second-order valence-corrected chi connectivity index (χ2v) is 7.26. The van der Waals surface area contributed by atoms with E-state index in [0.717, 1.165) is 31.7 Å². The second-order valence-electron chi connectivity index (χ2n) is 5.32. The Morgan fingerprint density at radius 2 is 2.00 bits per heavy atom. The molecule has 2 N–H and O–H groups in total. The molecular weight excluding hydrogens is 279 g/mol. The van der Waals surface area contributed by atoms with E-state index in [4.69, 9.17) is 5.73 Å². The average molecular weight is 300 g/mol. The molecule has 112 valence electrons. The van der Waals surface area contributed by atoms with Gasteiger partial charge in [0.2, 0.25) is 10.0 Å². The molecule has 1 aliphatic heterocycles. The summed E-state index contributed by atoms with van der Waals surface area (Å²) < 4.78 is 39.7. The Morgan fingerprint density at radius 3 is 2.55 bits per heavy atom. The molecule has 0 saturated carbocycles. The van der Waals surface area contributed by atoms with Gasteiger partial charge in [0.1, 0.15) is 5.82 Å². The van der Waals surface area contributed by atoms with Crippen molar-refractivity contribution >= 4 is 15.7 Å². The molecule has 1 aromatic rings. The van der Waals surface area contributed by atoms with Crippen molar-refractivity contribution in [3.05, 3.63) is 24.0 Å². The summed E-state index contributed by atoms with van der Waals surface area (Å²) in [5, 5.41) is 0. The van der Waals surface area contributed by atoms with Gasteiger partial charge in [-0.15, -0.1) is 0 Å². The lowest BCUT2D eigenvalue weighted by Crippen LogP contribution is -2.38. The number of sulfonamides is 1. The van der Waals surface area contributed by atoms with Crippen LogP contribution in [0.3, 0.4) is 0 Å². The molecule has 2 rings (SSSR count). The first kappa shape index (κ1) is 15.3. The normalized spacial score (nSPS) is 18.3. The van der Waals surface area contributed by atoms with Gasteiger partial charge in [-0.2, -0.15) is 4.31 Å². The number of hydrogen-bond acceptors (Lipinski definition) is 3. The Hall–Kier alpha value is -1.14. The maximum Gasteiger partial charge on any atom is 0.243 e. The van der Waals surface area contributed by atoms with E-state index < -0.39 is 15.8 Å². The van der Waals surface area contributed by atoms with Gasteiger partial charge in [-0.3, -0.25) is 0 Å². The number of nitrogens with two attached hydrogens (primary N) is 1. The lowest BCUT2D eigenvalue weighted by atomic mass is 9.94. The van der Waals surface area contributed by atoms with Crippen LogP contribution in [0.25, 0.3) is 0 Å². The Labute approximate surface area is 119 Å². The van der Waals surface area contributed by atoms with E-state index in [2.05, 4.69) is 6.92 Å². The van der Waals surface area contributed by atoms with Gasteiger partial charge in [0, 0.05) is 13.1 Å². The maximum absolute atomic E-state index is 13.4. The van der Waals surface area contributed by atoms with Crippen molar-refractivity contribution in [1.82, 2.24) is 4.31 Å². The minimum absolute atomic E-state index is 0.0156. The molecule has 0 bridgehead atoms. The minimum Gasteiger partial charge on any atom is -0.396 e. The molecule has 1 aromatic carbocycles. The van der Waals surface area contributed by atoms with Crippen molar-refractivity contribution in [3.8, 4) is 0 Å². The summed E-state index contributed by atoms with van der Waals surface area (Å²) in [6.07, 6.45) is 4.03. The monoisotopic (exact) mass is 300 g/mol. The zero-order valence-electron chi connectivity index (χ0n) is 11.7. The van der Waals surface area contributed by atoms with Crippen LogP contribution in [-0.4, -0.2) is 25.8 Å². The molecule has 1 fully saturated rings. The zero-order valence-corrected chi connectivity index (χ0v) is 12.5. The molecule has 0 aromatic heterocycles. The number of hydrogen-bond donors (Lipinski definition) is 1. The van der Waals surface area contributed by atoms with Gasteiger partial charge in [0.05, 0.1) is 10.6 Å². The lowest BCUT2D eigenvalue weighted by molar-refractivity contribution is 0.262. The minimum atomic E-state index is -3.60. The van der Waals surface area contributed by atoms with Crippen LogP contribution in [0.2, 0.25) is 0 Å². The Morgan fingerprint density at radius 1 is 1.35 bits per heavy atom. The summed E-state index contributed by atoms with van der Waals surface area (Å²) in [5.74, 6) is -0.0819. The van der Waals surface area contributed by atoms with Gasteiger partial charge < -0.3 is 5.73 Å². The van der Waals surface area contributed by atoms with Crippen molar-refractivity contribution in [2.75, 3.05) is 18.8 Å². The van der Waals surface area contributed by atoms with E-state index in [1.54, 1.807) is 0 Å². The topological polar surface area (TPSA) is 63.4 Å². The van der Waals surface area contributed by atoms with Crippen molar-refractivity contribution in [2.24, 2.45) is 5.92 Å². The zero-order chi connectivity index (χ0) is 14.8. The molecule has 20 heavy (non-hydrogen) atoms. The summed E-state index contributed by atoms with van der Waals surface area (Å²) in [6.45, 7) is 3.16. The summed E-state index contributed by atoms with van der Waals surface area (Å²) in [5.41, 5.74) is 5.34. The SMILES string of the molecule is CCCC1CCN(S(=O)(=O)c2ccc(N)c(F)c2)CC1. The van der Waals surface area contributed by atoms with E-state index in [9.17, 15) is 12.8 Å². The van der Waals surface area contributed by atoms with E-state index in [1.807, 2.05) is 0 Å². The Bertz CT molecular complexity index is 567. The number of rotatable bonds is 4. The molecule has 0 amide bonds. The number of nitrogens with zero attached hydrogens (tertiary/aromatic N) is 1. The molecule has 1 aliphatic rings. The van der Waals surface area contributed by atoms with Crippen LogP contribution < -0.4 is 5.73 Å². The number of halogens is 1. The first-order valence-corrected chi connectivity index (χ1v) is 8.44. The highest BCUT2D eigenvalue weighted by atomic mass is 32.2. The van der Waals surface area contributed by atoms with E-state index in [1.165, 1.54) is 16.4 Å². The van der Waals surface area contributed by atoms with E-state index in [0.29, 0.717) is 19.0 Å². The Balaban J connectivity index is 2.13. The first-order valence-electron chi connectivity index (χ1n) is 7.00. The Kier molecular flexibility index (Phi) is 4.65. The van der Waals surface area contributed by atoms with Gasteiger partial charge in [-0.25, -0.2) is 12.8 Å². The molecule has 0 radical (unpaired) electrons. The molecular formula is C14H21FN2O2S. The van der Waals surface area contributed by atoms with Gasteiger partial charge in [0.15, 0.2) is 0 Å². The average Bonchev–Trinajstić information content (AvgIpc) is 2.43. The third-order valence-electron chi connectivity index (χ3n) is 3.88. The highest BCUT2D eigenvalue weighted by Gasteiger charge is 2.29. The fraction of sp³-hybridized carbons (Fsp3) is 0.571. The van der Waals surface area contributed by atoms with E-state index >= 15 is 0 Å². The highest BCUT2D eigenvalue weighted by molar-refractivity contribution is 7.89. The summed E-state index contributed by atoms with van der Waals surface area (Å²) in [6, 6.07) is 3.67. The van der Waals surface area contributed by atoms with Crippen LogP contribution in [0, 0.1) is 11.7 Å². The van der Waals surface area contributed by atoms with Crippen LogP contribution in [0.5, 0.6) is 0 Å². The fourth-order valence-corrected chi connectivity index (χ4v) is 4.15. The number of nitrogen functional groups attached to an aromatic ring is 1. The van der Waals surface area contributed by atoms with Gasteiger partial charge in [-0.05, 0) is 37.0 Å². The third-order valence-corrected chi connectivity index (χ3v) is 5.77. The summed E-state index contributed by atoms with van der Waals surface area (Å²) >= 11 is 0. The van der Waals surface area contributed by atoms with Gasteiger partial charge in [0.25, 0.3) is 0 Å². The number of anilines is 1. The van der Waals surface area contributed by atoms with Crippen molar-refractivity contribution < 1.29 is 12.8 Å². The molecule has 1 heterocycles. The molecule has 0 unspecified atom stereocenters. The van der Waals surface area contributed by atoms with Crippen LogP contribution in [0.1, 0.15) is 32.6 Å². The summed E-state index contributed by atoms with van der Waals surface area (Å²) in [4.78, 5) is -0.0156. The lowest BCUT2D eigenvalue weighted by Gasteiger charge is -2.31. The van der Waals surface area contributed by atoms with Gasteiger partial charge in [-0.1, -0.05) is 19.8 Å². The second kappa shape index (κ2) is 6.10. The molecule has 4 nitrogen and oxygen atoms in total. The molecule has 0 atom stereocenters. The predicted molar refractivity (Wildman–Crippen MR) is 77.2 cm³/mol. The van der Waals surface area contributed by atoms with Crippen LogP contribution in [-0.2, 0) is 10.0 Å². The maximum atomic E-state index is 13.4. The smallest absolute Gasteiger partial charge is 0.243 e. The molecule has 6 heteroatoms. The third kappa shape index (κ3) is 3.12. The highest BCUT2D eigenvalue weighted by Crippen LogP contribution is 2.27. The largest absolute Gasteiger partial charge is 0.396 e. The first-order chi connectivity index (χ1) is 9.45. The fourth-order valence-electron chi connectivity index (χ4n) is 2.66. The van der Waals surface area contributed by atoms with Crippen molar-refractivity contribution in [3.63, 3.8) is 0 Å². The van der Waals surface area contributed by atoms with Gasteiger partial charge >= 0.3 is 0 Å². The summed E-state index contributed by atoms with van der Waals surface area (Å²) in [7, 11) is -3.60. The molecule has 0 spiro atoms. The number of piperidine rings is 1. The van der Waals surface area contributed by atoms with Crippen molar-refractivity contribution in [2.45, 2.75) is 37.5 Å². The van der Waals surface area contributed by atoms with Crippen LogP contribution in [0.15, 0.2) is 23.1 Å². The standard InChI is InChI=1S/C14H21FN2O2S/c1-2-3-11-6-8-17(9-7-11)20(18,19)12-4-5-14(16)13(15)10-12/h4-5,10-11H,2-3,6-9,16H2,1H3. The van der Waals surface area contributed by atoms with Crippen LogP contribution >= 0.6 is 0 Å². The quantitative estimate of drug-likeness (QED) is 0.869. The molecule has 1 saturated heterocycles. The number of benzene rings is 1.